The molecular weight excluding hydrogens is 330 g/mol. The molecule has 1 saturated carbocycles. The van der Waals surface area contributed by atoms with Gasteiger partial charge in [0.05, 0.1) is 5.60 Å². The monoisotopic (exact) mass is 359 g/mol. The van der Waals surface area contributed by atoms with E-state index in [0.717, 1.165) is 38.8 Å². The Morgan fingerprint density at radius 1 is 1.46 bits per heavy atom. The molecule has 3 atom stereocenters. The van der Waals surface area contributed by atoms with Gasteiger partial charge in [-0.3, -0.25) is 9.69 Å². The third-order valence-electron chi connectivity index (χ3n) is 6.50. The molecule has 0 spiro atoms. The molecule has 1 N–H and O–H groups in total. The highest BCUT2D eigenvalue weighted by atomic mass is 16.5. The smallest absolute Gasteiger partial charge is 0.273 e. The molecule has 6 nitrogen and oxygen atoms in total. The van der Waals surface area contributed by atoms with Gasteiger partial charge in [0.2, 0.25) is 0 Å². The Kier molecular flexibility index (Phi) is 5.14. The minimum absolute atomic E-state index is 0.0512. The molecule has 26 heavy (non-hydrogen) atoms. The molecule has 142 valence electrons. The number of aromatic nitrogens is 1. The number of carbonyl (C=O) groups excluding carboxylic acids is 1. The molecule has 1 saturated heterocycles. The van der Waals surface area contributed by atoms with Crippen molar-refractivity contribution >= 4 is 5.91 Å². The highest BCUT2D eigenvalue weighted by Gasteiger charge is 2.51. The molecule has 1 aromatic rings. The average Bonchev–Trinajstić information content (AvgIpc) is 3.32. The van der Waals surface area contributed by atoms with Gasteiger partial charge in [-0.1, -0.05) is 16.8 Å². The molecule has 2 fully saturated rings. The van der Waals surface area contributed by atoms with E-state index < -0.39 is 0 Å². The van der Waals surface area contributed by atoms with Gasteiger partial charge in [0, 0.05) is 38.3 Å². The Morgan fingerprint density at radius 2 is 2.38 bits per heavy atom. The van der Waals surface area contributed by atoms with Crippen LogP contribution in [0.5, 0.6) is 0 Å². The van der Waals surface area contributed by atoms with E-state index >= 15 is 0 Å². The van der Waals surface area contributed by atoms with Crippen molar-refractivity contribution in [2.75, 3.05) is 20.2 Å². The van der Waals surface area contributed by atoms with Gasteiger partial charge in [-0.2, -0.15) is 0 Å². The SMILES string of the molecule is CO[C@@]12CC[C@@H](NC(=O)c3ccon3)C[C@@H]1N(CC1=CCCCC1)CC2. The van der Waals surface area contributed by atoms with E-state index in [2.05, 4.69) is 21.4 Å². The first-order chi connectivity index (χ1) is 12.7. The summed E-state index contributed by atoms with van der Waals surface area (Å²) in [6.07, 6.45) is 12.9. The fourth-order valence-electron chi connectivity index (χ4n) is 5.01. The van der Waals surface area contributed by atoms with E-state index in [4.69, 9.17) is 9.26 Å². The van der Waals surface area contributed by atoms with Crippen molar-refractivity contribution in [2.24, 2.45) is 0 Å². The number of amides is 1. The first kappa shape index (κ1) is 17.7. The van der Waals surface area contributed by atoms with Crippen molar-refractivity contribution in [2.45, 2.75) is 69.1 Å². The zero-order chi connectivity index (χ0) is 18.0. The van der Waals surface area contributed by atoms with Gasteiger partial charge in [-0.15, -0.1) is 0 Å². The van der Waals surface area contributed by atoms with Crippen LogP contribution in [-0.4, -0.2) is 53.8 Å². The van der Waals surface area contributed by atoms with Gasteiger partial charge in [-0.05, 0) is 51.4 Å². The standard InChI is InChI=1S/C20H29N3O3/c1-25-20-9-7-16(21-19(24)17-8-12-26-22-17)13-18(20)23(11-10-20)14-15-5-3-2-4-6-15/h5,8,12,16,18H,2-4,6-7,9-11,13-14H2,1H3,(H,21,24)/t16-,18+,20-/m1/s1. The molecule has 2 heterocycles. The predicted molar refractivity (Wildman–Crippen MR) is 97.9 cm³/mol. The van der Waals surface area contributed by atoms with Crippen molar-refractivity contribution < 1.29 is 14.1 Å². The summed E-state index contributed by atoms with van der Waals surface area (Å²) in [6.45, 7) is 2.14. The maximum absolute atomic E-state index is 12.3. The molecule has 1 aromatic heterocycles. The number of fused-ring (bicyclic) bond motifs is 1. The number of ether oxygens (including phenoxy) is 1. The lowest BCUT2D eigenvalue weighted by atomic mass is 9.78. The van der Waals surface area contributed by atoms with Gasteiger partial charge < -0.3 is 14.6 Å². The van der Waals surface area contributed by atoms with Crippen molar-refractivity contribution in [1.82, 2.24) is 15.4 Å². The van der Waals surface area contributed by atoms with Crippen molar-refractivity contribution in [3.05, 3.63) is 29.7 Å². The second-order valence-electron chi connectivity index (χ2n) is 7.94. The molecule has 2 aliphatic carbocycles. The highest BCUT2D eigenvalue weighted by Crippen LogP contribution is 2.43. The van der Waals surface area contributed by atoms with Crippen LogP contribution < -0.4 is 5.32 Å². The van der Waals surface area contributed by atoms with Crippen molar-refractivity contribution in [1.29, 1.82) is 0 Å². The van der Waals surface area contributed by atoms with Crippen LogP contribution in [0, 0.1) is 0 Å². The molecule has 4 rings (SSSR count). The zero-order valence-electron chi connectivity index (χ0n) is 15.6. The van der Waals surface area contributed by atoms with E-state index in [1.165, 1.54) is 31.9 Å². The number of nitrogens with zero attached hydrogens (tertiary/aromatic N) is 2. The van der Waals surface area contributed by atoms with Crippen molar-refractivity contribution in [3.63, 3.8) is 0 Å². The summed E-state index contributed by atoms with van der Waals surface area (Å²) in [5, 5.41) is 6.88. The van der Waals surface area contributed by atoms with Crippen LogP contribution in [0.2, 0.25) is 0 Å². The number of hydrogen-bond donors (Lipinski definition) is 1. The Morgan fingerprint density at radius 3 is 3.12 bits per heavy atom. The zero-order valence-corrected chi connectivity index (χ0v) is 15.6. The van der Waals surface area contributed by atoms with Crippen LogP contribution in [0.25, 0.3) is 0 Å². The summed E-state index contributed by atoms with van der Waals surface area (Å²) in [6, 6.07) is 2.13. The largest absolute Gasteiger partial charge is 0.377 e. The molecule has 0 unspecified atom stereocenters. The Balaban J connectivity index is 1.43. The van der Waals surface area contributed by atoms with Gasteiger partial charge in [0.25, 0.3) is 5.91 Å². The normalized spacial score (nSPS) is 32.1. The quantitative estimate of drug-likeness (QED) is 0.819. The van der Waals surface area contributed by atoms with Crippen LogP contribution in [-0.2, 0) is 4.74 Å². The number of carbonyl (C=O) groups is 1. The van der Waals surface area contributed by atoms with E-state index in [-0.39, 0.29) is 17.6 Å². The van der Waals surface area contributed by atoms with Gasteiger partial charge in [-0.25, -0.2) is 0 Å². The minimum Gasteiger partial charge on any atom is -0.377 e. The first-order valence-electron chi connectivity index (χ1n) is 9.88. The van der Waals surface area contributed by atoms with Crippen LogP contribution in [0.1, 0.15) is 61.9 Å². The molecular formula is C20H29N3O3. The van der Waals surface area contributed by atoms with E-state index in [9.17, 15) is 4.79 Å². The topological polar surface area (TPSA) is 67.6 Å². The fraction of sp³-hybridized carbons (Fsp3) is 0.700. The second-order valence-corrected chi connectivity index (χ2v) is 7.94. The van der Waals surface area contributed by atoms with Gasteiger partial charge in [0.1, 0.15) is 6.26 Å². The lowest BCUT2D eigenvalue weighted by Gasteiger charge is -2.44. The molecule has 1 aliphatic heterocycles. The van der Waals surface area contributed by atoms with Crippen LogP contribution in [0.4, 0.5) is 0 Å². The number of rotatable bonds is 5. The lowest BCUT2D eigenvalue weighted by Crippen LogP contribution is -2.55. The fourth-order valence-corrected chi connectivity index (χ4v) is 5.01. The summed E-state index contributed by atoms with van der Waals surface area (Å²) in [5.74, 6) is -0.145. The van der Waals surface area contributed by atoms with E-state index in [0.29, 0.717) is 11.7 Å². The molecule has 0 bridgehead atoms. The van der Waals surface area contributed by atoms with E-state index in [1.54, 1.807) is 11.6 Å². The number of allylic oxidation sites excluding steroid dienone is 1. The van der Waals surface area contributed by atoms with Crippen molar-refractivity contribution in [3.8, 4) is 0 Å². The predicted octanol–water partition coefficient (Wildman–Crippen LogP) is 2.92. The highest BCUT2D eigenvalue weighted by molar-refractivity contribution is 5.92. The number of hydrogen-bond acceptors (Lipinski definition) is 5. The molecule has 6 heteroatoms. The third-order valence-corrected chi connectivity index (χ3v) is 6.50. The van der Waals surface area contributed by atoms with Crippen LogP contribution in [0.15, 0.2) is 28.5 Å². The lowest BCUT2D eigenvalue weighted by molar-refractivity contribution is -0.0656. The molecule has 3 aliphatic rings. The summed E-state index contributed by atoms with van der Waals surface area (Å²) in [5.41, 5.74) is 1.88. The van der Waals surface area contributed by atoms with Gasteiger partial charge >= 0.3 is 0 Å². The molecule has 0 aromatic carbocycles. The summed E-state index contributed by atoms with van der Waals surface area (Å²) >= 11 is 0. The molecule has 0 radical (unpaired) electrons. The Labute approximate surface area is 154 Å². The van der Waals surface area contributed by atoms with Crippen LogP contribution >= 0.6 is 0 Å². The van der Waals surface area contributed by atoms with E-state index in [1.807, 2.05) is 7.11 Å². The minimum atomic E-state index is -0.145. The average molecular weight is 359 g/mol. The van der Waals surface area contributed by atoms with Crippen LogP contribution in [0.3, 0.4) is 0 Å². The maximum Gasteiger partial charge on any atom is 0.273 e. The summed E-state index contributed by atoms with van der Waals surface area (Å²) < 4.78 is 10.8. The Hall–Kier alpha value is -1.66. The number of likely N-dealkylation sites (tertiary alicyclic amines) is 1. The maximum atomic E-state index is 12.3. The first-order valence-corrected chi connectivity index (χ1v) is 9.88. The third kappa shape index (κ3) is 3.45. The number of methoxy groups -OCH3 is 1. The van der Waals surface area contributed by atoms with Gasteiger partial charge in [0.15, 0.2) is 5.69 Å². The summed E-state index contributed by atoms with van der Waals surface area (Å²) in [7, 11) is 1.85. The summed E-state index contributed by atoms with van der Waals surface area (Å²) in [4.78, 5) is 14.9. The number of nitrogens with one attached hydrogen (secondary N) is 1. The molecule has 1 amide bonds. The Bertz CT molecular complexity index is 657. The second kappa shape index (κ2) is 7.53.